The standard InChI is InChI=1S/C70H40N4O2/c1-2-16-41(17-3-1)46-25-15-31-61-64(46)54-35-33-44(40-63(54)76-61)69-72-67(71-68(73-69)43-32-34-51-50-23-8-13-30-60(50)75-62(51)39-43)42-18-14-19-45(38-42)74-59-29-12-7-22-49(59)52-36-37-58-65(66(52)74)53-24-6-11-28-57(53)70(58)55-26-9-4-20-47(55)48-21-5-10-27-56(48)70/h1-40H. The van der Waals surface area contributed by atoms with E-state index in [1.807, 2.05) is 36.4 Å². The van der Waals surface area contributed by atoms with E-state index >= 15 is 0 Å². The van der Waals surface area contributed by atoms with Crippen molar-refractivity contribution in [3.63, 3.8) is 0 Å². The van der Waals surface area contributed by atoms with Crippen molar-refractivity contribution >= 4 is 65.7 Å². The molecule has 0 bridgehead atoms. The summed E-state index contributed by atoms with van der Waals surface area (Å²) >= 11 is 0. The molecule has 0 radical (unpaired) electrons. The van der Waals surface area contributed by atoms with Crippen LogP contribution in [0.5, 0.6) is 0 Å². The Kier molecular flexibility index (Phi) is 8.39. The minimum Gasteiger partial charge on any atom is -0.456 e. The maximum absolute atomic E-state index is 6.64. The second kappa shape index (κ2) is 15.4. The third kappa shape index (κ3) is 5.62. The lowest BCUT2D eigenvalue weighted by Gasteiger charge is -2.30. The van der Waals surface area contributed by atoms with Crippen molar-refractivity contribution in [1.29, 1.82) is 0 Å². The normalized spacial score (nSPS) is 13.1. The van der Waals surface area contributed by atoms with Gasteiger partial charge in [0.05, 0.1) is 16.4 Å². The van der Waals surface area contributed by atoms with Crippen LogP contribution in [-0.4, -0.2) is 19.5 Å². The first kappa shape index (κ1) is 41.3. The molecule has 76 heavy (non-hydrogen) atoms. The zero-order valence-electron chi connectivity index (χ0n) is 40.7. The van der Waals surface area contributed by atoms with E-state index in [0.29, 0.717) is 17.5 Å². The fraction of sp³-hybridized carbons (Fsp3) is 0.0143. The minimum absolute atomic E-state index is 0.477. The summed E-state index contributed by atoms with van der Waals surface area (Å²) in [4.78, 5) is 15.9. The first-order valence-electron chi connectivity index (χ1n) is 25.8. The number of benzene rings is 11. The Morgan fingerprint density at radius 3 is 1.58 bits per heavy atom. The van der Waals surface area contributed by atoms with E-state index < -0.39 is 5.41 Å². The van der Waals surface area contributed by atoms with Crippen molar-refractivity contribution in [2.75, 3.05) is 0 Å². The number of hydrogen-bond donors (Lipinski definition) is 0. The van der Waals surface area contributed by atoms with Gasteiger partial charge in [0.25, 0.3) is 0 Å². The Morgan fingerprint density at radius 2 is 0.829 bits per heavy atom. The van der Waals surface area contributed by atoms with Gasteiger partial charge in [0.15, 0.2) is 17.5 Å². The van der Waals surface area contributed by atoms with Gasteiger partial charge in [-0.05, 0) is 105 Å². The van der Waals surface area contributed by atoms with Gasteiger partial charge in [0.2, 0.25) is 0 Å². The smallest absolute Gasteiger partial charge is 0.164 e. The van der Waals surface area contributed by atoms with E-state index in [2.05, 4.69) is 211 Å². The number of nitrogens with zero attached hydrogens (tertiary/aromatic N) is 4. The van der Waals surface area contributed by atoms with E-state index in [1.54, 1.807) is 0 Å². The van der Waals surface area contributed by atoms with Crippen LogP contribution in [0.1, 0.15) is 22.3 Å². The van der Waals surface area contributed by atoms with Gasteiger partial charge in [-0.15, -0.1) is 0 Å². The van der Waals surface area contributed by atoms with Crippen LogP contribution >= 0.6 is 0 Å². The molecule has 4 aromatic heterocycles. The van der Waals surface area contributed by atoms with Gasteiger partial charge < -0.3 is 13.4 Å². The highest BCUT2D eigenvalue weighted by atomic mass is 16.3. The Hall–Kier alpha value is -10.2. The molecule has 0 aliphatic heterocycles. The molecule has 352 valence electrons. The van der Waals surface area contributed by atoms with Crippen molar-refractivity contribution in [1.82, 2.24) is 19.5 Å². The average Bonchev–Trinajstić information content (AvgIpc) is 4.37. The zero-order chi connectivity index (χ0) is 49.6. The minimum atomic E-state index is -0.477. The second-order valence-corrected chi connectivity index (χ2v) is 20.1. The van der Waals surface area contributed by atoms with Crippen molar-refractivity contribution in [2.45, 2.75) is 5.41 Å². The summed E-state index contributed by atoms with van der Waals surface area (Å²) in [5.41, 5.74) is 21.1. The van der Waals surface area contributed by atoms with E-state index in [4.69, 9.17) is 23.8 Å². The van der Waals surface area contributed by atoms with Gasteiger partial charge in [-0.1, -0.05) is 188 Å². The summed E-state index contributed by atoms with van der Waals surface area (Å²) in [7, 11) is 0. The Bertz CT molecular complexity index is 4920. The highest BCUT2D eigenvalue weighted by Gasteiger charge is 2.52. The molecule has 0 amide bonds. The van der Waals surface area contributed by atoms with E-state index in [0.717, 1.165) is 82.9 Å². The predicted molar refractivity (Wildman–Crippen MR) is 307 cm³/mol. The van der Waals surface area contributed by atoms with Crippen LogP contribution < -0.4 is 0 Å². The number of aromatic nitrogens is 4. The average molecular weight is 969 g/mol. The highest BCUT2D eigenvalue weighted by molar-refractivity contribution is 6.17. The fourth-order valence-electron chi connectivity index (χ4n) is 13.1. The first-order chi connectivity index (χ1) is 37.7. The lowest BCUT2D eigenvalue weighted by atomic mass is 9.70. The molecule has 4 heterocycles. The molecule has 15 aromatic rings. The Morgan fingerprint density at radius 1 is 0.316 bits per heavy atom. The van der Waals surface area contributed by atoms with Gasteiger partial charge in [0.1, 0.15) is 22.3 Å². The molecule has 2 aliphatic carbocycles. The third-order valence-corrected chi connectivity index (χ3v) is 16.3. The van der Waals surface area contributed by atoms with Crippen molar-refractivity contribution in [2.24, 2.45) is 0 Å². The Balaban J connectivity index is 0.882. The molecule has 0 fully saturated rings. The largest absolute Gasteiger partial charge is 0.456 e. The number of hydrogen-bond acceptors (Lipinski definition) is 5. The third-order valence-electron chi connectivity index (χ3n) is 16.3. The van der Waals surface area contributed by atoms with Gasteiger partial charge in [-0.2, -0.15) is 0 Å². The first-order valence-corrected chi connectivity index (χ1v) is 25.8. The highest BCUT2D eigenvalue weighted by Crippen LogP contribution is 2.64. The van der Waals surface area contributed by atoms with E-state index in [1.165, 1.54) is 60.8 Å². The van der Waals surface area contributed by atoms with Crippen LogP contribution in [0.2, 0.25) is 0 Å². The van der Waals surface area contributed by atoms with Crippen LogP contribution in [0.3, 0.4) is 0 Å². The summed E-state index contributed by atoms with van der Waals surface area (Å²) in [6, 6.07) is 86.7. The van der Waals surface area contributed by atoms with Crippen LogP contribution in [0, 0.1) is 0 Å². The molecule has 11 aromatic carbocycles. The fourth-order valence-corrected chi connectivity index (χ4v) is 13.1. The van der Waals surface area contributed by atoms with Gasteiger partial charge in [0, 0.05) is 60.3 Å². The van der Waals surface area contributed by atoms with Crippen molar-refractivity contribution in [3.8, 4) is 73.2 Å². The van der Waals surface area contributed by atoms with Crippen molar-refractivity contribution in [3.05, 3.63) is 265 Å². The number of fused-ring (bicyclic) bond motifs is 20. The SMILES string of the molecule is c1ccc(-c2cccc3oc4cc(-c5nc(-c6cccc(-n7c8ccccc8c8ccc9c(c87)-c7ccccc7C97c8ccccc8-c8ccccc87)c6)nc(-c6ccc7c(c6)oc6ccccc67)n5)ccc4c23)cc1. The topological polar surface area (TPSA) is 69.9 Å². The summed E-state index contributed by atoms with van der Waals surface area (Å²) in [6.45, 7) is 0. The lowest BCUT2D eigenvalue weighted by Crippen LogP contribution is -2.25. The summed E-state index contributed by atoms with van der Waals surface area (Å²) in [6.07, 6.45) is 0. The molecule has 0 N–H and O–H groups in total. The van der Waals surface area contributed by atoms with Crippen LogP contribution in [0.25, 0.3) is 139 Å². The monoisotopic (exact) mass is 968 g/mol. The molecule has 0 saturated carbocycles. The van der Waals surface area contributed by atoms with Gasteiger partial charge in [-0.25, -0.2) is 15.0 Å². The molecule has 6 nitrogen and oxygen atoms in total. The molecule has 0 saturated heterocycles. The van der Waals surface area contributed by atoms with Crippen LogP contribution in [0.15, 0.2) is 251 Å². The van der Waals surface area contributed by atoms with E-state index in [-0.39, 0.29) is 0 Å². The molecular weight excluding hydrogens is 929 g/mol. The quantitative estimate of drug-likeness (QED) is 0.172. The maximum atomic E-state index is 6.64. The number of rotatable bonds is 5. The molecule has 6 heteroatoms. The predicted octanol–water partition coefficient (Wildman–Crippen LogP) is 17.8. The van der Waals surface area contributed by atoms with Crippen LogP contribution in [0.4, 0.5) is 0 Å². The molecule has 0 atom stereocenters. The van der Waals surface area contributed by atoms with Gasteiger partial charge in [-0.3, -0.25) is 0 Å². The Labute approximate surface area is 435 Å². The molecular formula is C70H40N4O2. The maximum Gasteiger partial charge on any atom is 0.164 e. The summed E-state index contributed by atoms with van der Waals surface area (Å²) < 4.78 is 15.5. The lowest BCUT2D eigenvalue weighted by molar-refractivity contribution is 0.668. The molecule has 2 aliphatic rings. The van der Waals surface area contributed by atoms with Crippen molar-refractivity contribution < 1.29 is 8.83 Å². The molecule has 1 spiro atoms. The zero-order valence-corrected chi connectivity index (χ0v) is 40.7. The van der Waals surface area contributed by atoms with E-state index in [9.17, 15) is 0 Å². The molecule has 17 rings (SSSR count). The number of furan rings is 2. The molecule has 0 unspecified atom stereocenters. The second-order valence-electron chi connectivity index (χ2n) is 20.1. The summed E-state index contributed by atoms with van der Waals surface area (Å²) in [5.74, 6) is 1.63. The van der Waals surface area contributed by atoms with Crippen LogP contribution in [-0.2, 0) is 5.41 Å². The number of para-hydroxylation sites is 2. The summed E-state index contributed by atoms with van der Waals surface area (Å²) in [5, 5.41) is 6.62. The van der Waals surface area contributed by atoms with Gasteiger partial charge >= 0.3 is 0 Å².